The highest BCUT2D eigenvalue weighted by Gasteiger charge is 2.24. The topological polar surface area (TPSA) is 73.7 Å². The molecule has 3 N–H and O–H groups in total. The second-order valence-electron chi connectivity index (χ2n) is 7.48. The van der Waals surface area contributed by atoms with Gasteiger partial charge in [-0.1, -0.05) is 0 Å². The average Bonchev–Trinajstić information content (AvgIpc) is 3.24. The van der Waals surface area contributed by atoms with Gasteiger partial charge in [-0.05, 0) is 49.1 Å². The van der Waals surface area contributed by atoms with Gasteiger partial charge in [0.05, 0.1) is 31.6 Å². The molecule has 0 bridgehead atoms. The van der Waals surface area contributed by atoms with E-state index < -0.39 is 0 Å². The lowest BCUT2D eigenvalue weighted by Gasteiger charge is -2.33. The summed E-state index contributed by atoms with van der Waals surface area (Å²) in [6, 6.07) is 7.39. The lowest BCUT2D eigenvalue weighted by atomic mass is 10.2. The maximum Gasteiger partial charge on any atom is 0.260 e. The predicted molar refractivity (Wildman–Crippen MR) is 107 cm³/mol. The van der Waals surface area contributed by atoms with Crippen LogP contribution in [0.5, 0.6) is 5.75 Å². The Morgan fingerprint density at radius 2 is 1.96 bits per heavy atom. The van der Waals surface area contributed by atoms with Gasteiger partial charge in [-0.3, -0.25) is 4.79 Å². The van der Waals surface area contributed by atoms with Crippen LogP contribution in [0.3, 0.4) is 0 Å². The summed E-state index contributed by atoms with van der Waals surface area (Å²) in [5.41, 5.74) is 2.43. The molecule has 1 aliphatic carbocycles. The first-order chi connectivity index (χ1) is 13.2. The highest BCUT2D eigenvalue weighted by Crippen LogP contribution is 2.34. The number of aromatic nitrogens is 2. The van der Waals surface area contributed by atoms with E-state index in [9.17, 15) is 9.90 Å². The first kappa shape index (κ1) is 16.8. The lowest BCUT2D eigenvalue weighted by Crippen LogP contribution is -3.13. The molecule has 0 radical (unpaired) electrons. The molecule has 1 aromatic carbocycles. The molecule has 5 rings (SSSR count). The zero-order valence-electron chi connectivity index (χ0n) is 15.1. The van der Waals surface area contributed by atoms with Gasteiger partial charge >= 0.3 is 0 Å². The number of hydrogen-bond donors (Lipinski definition) is 3. The van der Waals surface area contributed by atoms with Gasteiger partial charge in [0, 0.05) is 10.6 Å². The number of H-pyrrole nitrogens is 1. The Kier molecular flexibility index (Phi) is 4.13. The van der Waals surface area contributed by atoms with Crippen molar-refractivity contribution in [2.24, 2.45) is 0 Å². The number of piperazine rings is 1. The van der Waals surface area contributed by atoms with Crippen LogP contribution in [0, 0.1) is 0 Å². The van der Waals surface area contributed by atoms with E-state index in [-0.39, 0.29) is 5.56 Å². The molecule has 6 nitrogen and oxygen atoms in total. The van der Waals surface area contributed by atoms with Crippen molar-refractivity contribution in [3.63, 3.8) is 0 Å². The van der Waals surface area contributed by atoms with Crippen molar-refractivity contribution in [3.05, 3.63) is 50.9 Å². The van der Waals surface area contributed by atoms with Crippen molar-refractivity contribution >= 4 is 27.2 Å². The first-order valence-electron chi connectivity index (χ1n) is 9.58. The van der Waals surface area contributed by atoms with E-state index in [1.54, 1.807) is 23.5 Å². The molecule has 1 aliphatic heterocycles. The number of nitrogens with one attached hydrogen (secondary N) is 2. The summed E-state index contributed by atoms with van der Waals surface area (Å²) in [6.07, 6.45) is 3.27. The monoisotopic (exact) mass is 383 g/mol. The number of phenols is 1. The number of hydrogen-bond acceptors (Lipinski definition) is 5. The number of aromatic amines is 1. The molecule has 1 fully saturated rings. The summed E-state index contributed by atoms with van der Waals surface area (Å²) in [5, 5.41) is 10.3. The SMILES string of the molecule is O=c1[nH]c(C[NH+]2CCN(c3ccc(O)cc3)CC2)nc2sc3c(c12)CCC3. The summed E-state index contributed by atoms with van der Waals surface area (Å²) in [5.74, 6) is 1.11. The van der Waals surface area contributed by atoms with Crippen LogP contribution >= 0.6 is 11.3 Å². The van der Waals surface area contributed by atoms with Crippen LogP contribution in [0.2, 0.25) is 0 Å². The molecule has 0 atom stereocenters. The van der Waals surface area contributed by atoms with Crippen molar-refractivity contribution < 1.29 is 10.0 Å². The third-order valence-corrected chi connectivity index (χ3v) is 6.91. The predicted octanol–water partition coefficient (Wildman–Crippen LogP) is 1.08. The quantitative estimate of drug-likeness (QED) is 0.633. The number of aryl methyl sites for hydroxylation is 2. The van der Waals surface area contributed by atoms with Crippen LogP contribution in [-0.2, 0) is 19.4 Å². The average molecular weight is 383 g/mol. The standard InChI is InChI=1S/C20H22N4O2S/c25-14-6-4-13(5-7-14)24-10-8-23(9-11-24)12-17-21-19(26)18-15-2-1-3-16(15)27-20(18)22-17/h4-7,25H,1-3,8-12H2,(H,21,22,26)/p+1. The molecule has 2 aromatic heterocycles. The third-order valence-electron chi connectivity index (χ3n) is 5.73. The van der Waals surface area contributed by atoms with Gasteiger partial charge in [-0.15, -0.1) is 11.3 Å². The molecular formula is C20H23N4O2S+. The van der Waals surface area contributed by atoms with E-state index in [4.69, 9.17) is 4.98 Å². The number of quaternary nitrogens is 1. The van der Waals surface area contributed by atoms with Gasteiger partial charge < -0.3 is 19.9 Å². The van der Waals surface area contributed by atoms with Crippen molar-refractivity contribution in [2.75, 3.05) is 31.1 Å². The van der Waals surface area contributed by atoms with Crippen LogP contribution in [0.15, 0.2) is 29.1 Å². The van der Waals surface area contributed by atoms with Crippen molar-refractivity contribution in [3.8, 4) is 5.75 Å². The van der Waals surface area contributed by atoms with Crippen LogP contribution in [0.4, 0.5) is 5.69 Å². The molecule has 3 heterocycles. The Morgan fingerprint density at radius 3 is 2.74 bits per heavy atom. The normalized spacial score (nSPS) is 17.6. The van der Waals surface area contributed by atoms with Crippen molar-refractivity contribution in [1.29, 1.82) is 0 Å². The van der Waals surface area contributed by atoms with E-state index in [1.165, 1.54) is 15.3 Å². The second kappa shape index (κ2) is 6.65. The Morgan fingerprint density at radius 1 is 1.19 bits per heavy atom. The van der Waals surface area contributed by atoms with Crippen LogP contribution in [0.25, 0.3) is 10.2 Å². The molecule has 0 spiro atoms. The second-order valence-corrected chi connectivity index (χ2v) is 8.56. The van der Waals surface area contributed by atoms with Gasteiger partial charge in [0.1, 0.15) is 17.1 Å². The third kappa shape index (κ3) is 3.11. The van der Waals surface area contributed by atoms with Gasteiger partial charge in [0.25, 0.3) is 5.56 Å². The summed E-state index contributed by atoms with van der Waals surface area (Å²) in [7, 11) is 0. The Hall–Kier alpha value is -2.38. The minimum Gasteiger partial charge on any atom is -0.508 e. The van der Waals surface area contributed by atoms with Gasteiger partial charge in [0.2, 0.25) is 0 Å². The van der Waals surface area contributed by atoms with Crippen molar-refractivity contribution in [2.45, 2.75) is 25.8 Å². The summed E-state index contributed by atoms with van der Waals surface area (Å²) >= 11 is 1.71. The molecule has 1 saturated heterocycles. The molecule has 3 aromatic rings. The Bertz CT molecular complexity index is 1030. The summed E-state index contributed by atoms with van der Waals surface area (Å²) in [6.45, 7) is 4.68. The molecule has 2 aliphatic rings. The number of nitrogens with zero attached hydrogens (tertiary/aromatic N) is 2. The summed E-state index contributed by atoms with van der Waals surface area (Å²) in [4.78, 5) is 26.5. The fourth-order valence-electron chi connectivity index (χ4n) is 4.29. The largest absolute Gasteiger partial charge is 0.508 e. The minimum absolute atomic E-state index is 0.0385. The number of benzene rings is 1. The molecule has 0 saturated carbocycles. The van der Waals surface area contributed by atoms with Crippen LogP contribution in [-0.4, -0.2) is 41.3 Å². The van der Waals surface area contributed by atoms with Crippen LogP contribution in [0.1, 0.15) is 22.7 Å². The van der Waals surface area contributed by atoms with E-state index in [0.717, 1.165) is 73.7 Å². The maximum atomic E-state index is 12.6. The minimum atomic E-state index is 0.0385. The van der Waals surface area contributed by atoms with E-state index in [2.05, 4.69) is 9.88 Å². The highest BCUT2D eigenvalue weighted by atomic mass is 32.1. The lowest BCUT2D eigenvalue weighted by molar-refractivity contribution is -0.915. The molecule has 7 heteroatoms. The zero-order valence-corrected chi connectivity index (χ0v) is 15.9. The first-order valence-corrected chi connectivity index (χ1v) is 10.4. The van der Waals surface area contributed by atoms with E-state index in [0.29, 0.717) is 5.75 Å². The smallest absolute Gasteiger partial charge is 0.260 e. The fraction of sp³-hybridized carbons (Fsp3) is 0.400. The van der Waals surface area contributed by atoms with Crippen molar-refractivity contribution in [1.82, 2.24) is 9.97 Å². The van der Waals surface area contributed by atoms with Gasteiger partial charge in [-0.25, -0.2) is 4.98 Å². The van der Waals surface area contributed by atoms with E-state index >= 15 is 0 Å². The highest BCUT2D eigenvalue weighted by molar-refractivity contribution is 7.18. The number of fused-ring (bicyclic) bond motifs is 3. The fourth-order valence-corrected chi connectivity index (χ4v) is 5.57. The number of thiophene rings is 1. The van der Waals surface area contributed by atoms with Gasteiger partial charge in [-0.2, -0.15) is 0 Å². The Balaban J connectivity index is 1.29. The summed E-state index contributed by atoms with van der Waals surface area (Å²) < 4.78 is 0. The maximum absolute atomic E-state index is 12.6. The molecule has 0 amide bonds. The van der Waals surface area contributed by atoms with Crippen LogP contribution < -0.4 is 15.4 Å². The Labute approximate surface area is 161 Å². The molecule has 140 valence electrons. The zero-order chi connectivity index (χ0) is 18.4. The number of aromatic hydroxyl groups is 1. The molecular weight excluding hydrogens is 360 g/mol. The van der Waals surface area contributed by atoms with Gasteiger partial charge in [0.15, 0.2) is 5.82 Å². The molecule has 27 heavy (non-hydrogen) atoms. The number of anilines is 1. The van der Waals surface area contributed by atoms with E-state index in [1.807, 2.05) is 12.1 Å². The number of rotatable bonds is 3. The molecule has 0 unspecified atom stereocenters. The number of phenolic OH excluding ortho intramolecular Hbond substituents is 1.